The molecular formula is C17H13ClF2N2O3S2. The topological polar surface area (TPSA) is 68.3 Å². The number of thiazole rings is 1. The van der Waals surface area contributed by atoms with Crippen molar-refractivity contribution in [2.24, 2.45) is 0 Å². The van der Waals surface area contributed by atoms with Crippen LogP contribution in [0.15, 0.2) is 52.9 Å². The molecule has 1 atom stereocenters. The van der Waals surface area contributed by atoms with Gasteiger partial charge in [0, 0.05) is 17.1 Å². The van der Waals surface area contributed by atoms with Crippen molar-refractivity contribution in [3.05, 3.63) is 70.2 Å². The fraction of sp³-hybridized carbons (Fsp3) is 0.118. The number of nitrogens with one attached hydrogen (secondary N) is 1. The minimum atomic E-state index is -4.22. The Morgan fingerprint density at radius 2 is 1.96 bits per heavy atom. The first-order valence-corrected chi connectivity index (χ1v) is 10.3. The summed E-state index contributed by atoms with van der Waals surface area (Å²) in [6, 6.07) is 8.23. The number of anilines is 1. The smallest absolute Gasteiger partial charge is 0.266 e. The molecule has 0 fully saturated rings. The molecule has 0 aliphatic carbocycles. The number of benzene rings is 2. The van der Waals surface area contributed by atoms with Crippen LogP contribution >= 0.6 is 22.9 Å². The molecule has 1 N–H and O–H groups in total. The largest absolute Gasteiger partial charge is 0.484 e. The quantitative estimate of drug-likeness (QED) is 0.596. The highest BCUT2D eigenvalue weighted by molar-refractivity contribution is 7.93. The van der Waals surface area contributed by atoms with E-state index in [1.807, 2.05) is 0 Å². The van der Waals surface area contributed by atoms with Gasteiger partial charge in [-0.25, -0.2) is 22.2 Å². The van der Waals surface area contributed by atoms with Crippen molar-refractivity contribution in [2.75, 3.05) is 4.72 Å². The highest BCUT2D eigenvalue weighted by Crippen LogP contribution is 2.35. The summed E-state index contributed by atoms with van der Waals surface area (Å²) >= 11 is 7.01. The number of hydrogen-bond acceptors (Lipinski definition) is 5. The lowest BCUT2D eigenvalue weighted by molar-refractivity contribution is 0.220. The van der Waals surface area contributed by atoms with E-state index in [0.717, 1.165) is 17.4 Å². The maximum atomic E-state index is 14.6. The van der Waals surface area contributed by atoms with Gasteiger partial charge in [-0.05, 0) is 25.1 Å². The van der Waals surface area contributed by atoms with E-state index in [9.17, 15) is 17.2 Å². The van der Waals surface area contributed by atoms with Crippen molar-refractivity contribution in [3.63, 3.8) is 0 Å². The molecule has 1 heterocycles. The molecule has 10 heteroatoms. The molecule has 142 valence electrons. The zero-order valence-electron chi connectivity index (χ0n) is 13.8. The first kappa shape index (κ1) is 19.5. The molecule has 0 saturated carbocycles. The molecule has 2 aromatic carbocycles. The van der Waals surface area contributed by atoms with Gasteiger partial charge in [0.2, 0.25) is 0 Å². The predicted molar refractivity (Wildman–Crippen MR) is 99.8 cm³/mol. The summed E-state index contributed by atoms with van der Waals surface area (Å²) in [5, 5.41) is 1.15. The second kappa shape index (κ2) is 7.79. The Labute approximate surface area is 163 Å². The monoisotopic (exact) mass is 430 g/mol. The zero-order valence-corrected chi connectivity index (χ0v) is 16.2. The fourth-order valence-electron chi connectivity index (χ4n) is 2.32. The minimum absolute atomic E-state index is 0.0963. The van der Waals surface area contributed by atoms with Gasteiger partial charge < -0.3 is 4.74 Å². The van der Waals surface area contributed by atoms with Crippen LogP contribution in [0.3, 0.4) is 0 Å². The second-order valence-corrected chi connectivity index (χ2v) is 8.34. The van der Waals surface area contributed by atoms with Gasteiger partial charge in [0.25, 0.3) is 10.0 Å². The third-order valence-corrected chi connectivity index (χ3v) is 6.13. The Bertz CT molecular complexity index is 1060. The summed E-state index contributed by atoms with van der Waals surface area (Å²) < 4.78 is 60.8. The second-order valence-electron chi connectivity index (χ2n) is 5.41. The highest BCUT2D eigenvalue weighted by atomic mass is 35.5. The summed E-state index contributed by atoms with van der Waals surface area (Å²) in [6.45, 7) is 1.57. The van der Waals surface area contributed by atoms with Crippen LogP contribution in [-0.2, 0) is 10.0 Å². The van der Waals surface area contributed by atoms with Gasteiger partial charge in [-0.2, -0.15) is 0 Å². The van der Waals surface area contributed by atoms with E-state index in [2.05, 4.69) is 9.71 Å². The Morgan fingerprint density at radius 3 is 2.63 bits per heavy atom. The molecule has 0 spiro atoms. The Kier molecular flexibility index (Phi) is 5.64. The molecule has 3 aromatic rings. The van der Waals surface area contributed by atoms with E-state index < -0.39 is 37.7 Å². The molecule has 0 radical (unpaired) electrons. The summed E-state index contributed by atoms with van der Waals surface area (Å²) in [5.74, 6) is -1.74. The van der Waals surface area contributed by atoms with Crippen LogP contribution in [0.1, 0.15) is 18.6 Å². The van der Waals surface area contributed by atoms with Crippen LogP contribution in [0.5, 0.6) is 5.75 Å². The van der Waals surface area contributed by atoms with Crippen LogP contribution in [0.2, 0.25) is 5.02 Å². The van der Waals surface area contributed by atoms with E-state index >= 15 is 0 Å². The third-order valence-electron chi connectivity index (χ3n) is 3.60. The van der Waals surface area contributed by atoms with Crippen molar-refractivity contribution in [1.29, 1.82) is 0 Å². The van der Waals surface area contributed by atoms with Gasteiger partial charge in [0.15, 0.2) is 10.9 Å². The zero-order chi connectivity index (χ0) is 19.6. The maximum Gasteiger partial charge on any atom is 0.266 e. The normalized spacial score (nSPS) is 12.6. The van der Waals surface area contributed by atoms with Gasteiger partial charge in [0.05, 0.1) is 0 Å². The van der Waals surface area contributed by atoms with Crippen LogP contribution in [0, 0.1) is 11.6 Å². The van der Waals surface area contributed by atoms with Crippen molar-refractivity contribution < 1.29 is 21.9 Å². The van der Waals surface area contributed by atoms with E-state index in [1.54, 1.807) is 18.4 Å². The van der Waals surface area contributed by atoms with Crippen molar-refractivity contribution in [2.45, 2.75) is 17.9 Å². The average molecular weight is 431 g/mol. The number of halogens is 3. The number of ether oxygens (including phenoxy) is 1. The van der Waals surface area contributed by atoms with E-state index in [1.165, 1.54) is 30.5 Å². The van der Waals surface area contributed by atoms with Gasteiger partial charge >= 0.3 is 0 Å². The van der Waals surface area contributed by atoms with Crippen molar-refractivity contribution in [3.8, 4) is 5.75 Å². The van der Waals surface area contributed by atoms with E-state index in [4.69, 9.17) is 16.3 Å². The standard InChI is InChI=1S/C17H13ClF2N2O3S2/c1-10(11-4-2-3-5-12(11)19)25-13-6-7-14(16(20)15(13)18)27(23,24)22-17-21-8-9-26-17/h2-10H,1H3,(H,21,22). The van der Waals surface area contributed by atoms with Crippen LogP contribution in [-0.4, -0.2) is 13.4 Å². The van der Waals surface area contributed by atoms with E-state index in [-0.39, 0.29) is 16.4 Å². The minimum Gasteiger partial charge on any atom is -0.484 e. The van der Waals surface area contributed by atoms with Gasteiger partial charge in [-0.15, -0.1) is 11.3 Å². The molecule has 3 rings (SSSR count). The lowest BCUT2D eigenvalue weighted by Crippen LogP contribution is -2.15. The first-order chi connectivity index (χ1) is 12.8. The van der Waals surface area contributed by atoms with Gasteiger partial charge in [-0.3, -0.25) is 4.72 Å². The van der Waals surface area contributed by atoms with Crippen molar-refractivity contribution in [1.82, 2.24) is 4.98 Å². The van der Waals surface area contributed by atoms with Gasteiger partial charge in [0.1, 0.15) is 27.6 Å². The highest BCUT2D eigenvalue weighted by Gasteiger charge is 2.25. The Balaban J connectivity index is 1.88. The van der Waals surface area contributed by atoms with Crippen molar-refractivity contribution >= 4 is 38.1 Å². The average Bonchev–Trinajstić information content (AvgIpc) is 3.11. The Morgan fingerprint density at radius 1 is 1.22 bits per heavy atom. The summed E-state index contributed by atoms with van der Waals surface area (Å²) in [7, 11) is -4.22. The molecule has 1 unspecified atom stereocenters. The molecule has 0 aliphatic heterocycles. The Hall–Kier alpha value is -2.23. The van der Waals surface area contributed by atoms with E-state index in [0.29, 0.717) is 0 Å². The molecular weight excluding hydrogens is 418 g/mol. The number of aromatic nitrogens is 1. The predicted octanol–water partition coefficient (Wildman–Crippen LogP) is 5.02. The maximum absolute atomic E-state index is 14.6. The number of hydrogen-bond donors (Lipinski definition) is 1. The summed E-state index contributed by atoms with van der Waals surface area (Å²) in [5.41, 5.74) is 0.260. The summed E-state index contributed by atoms with van der Waals surface area (Å²) in [6.07, 6.45) is 0.645. The van der Waals surface area contributed by atoms with Crippen LogP contribution < -0.4 is 9.46 Å². The lowest BCUT2D eigenvalue weighted by Gasteiger charge is -2.17. The molecule has 0 saturated heterocycles. The number of sulfonamides is 1. The first-order valence-electron chi connectivity index (χ1n) is 7.61. The molecule has 5 nitrogen and oxygen atoms in total. The van der Waals surface area contributed by atoms with Crippen LogP contribution in [0.25, 0.3) is 0 Å². The lowest BCUT2D eigenvalue weighted by atomic mass is 10.1. The summed E-state index contributed by atoms with van der Waals surface area (Å²) in [4.78, 5) is 3.15. The molecule has 27 heavy (non-hydrogen) atoms. The number of rotatable bonds is 6. The fourth-order valence-corrected chi connectivity index (χ4v) is 4.45. The van der Waals surface area contributed by atoms with Gasteiger partial charge in [-0.1, -0.05) is 29.8 Å². The molecule has 0 aliphatic rings. The van der Waals surface area contributed by atoms with Crippen LogP contribution in [0.4, 0.5) is 13.9 Å². The molecule has 0 amide bonds. The molecule has 0 bridgehead atoms. The third kappa shape index (κ3) is 4.20. The molecule has 1 aromatic heterocycles. The SMILES string of the molecule is CC(Oc1ccc(S(=O)(=O)Nc2nccs2)c(F)c1Cl)c1ccccc1F. The number of nitrogens with zero attached hydrogens (tertiary/aromatic N) is 1.